The first-order valence-corrected chi connectivity index (χ1v) is 31.5. The molecule has 91 heavy (non-hydrogen) atoms. The zero-order valence-electron chi connectivity index (χ0n) is 51.6. The van der Waals surface area contributed by atoms with Crippen molar-refractivity contribution in [3.63, 3.8) is 0 Å². The van der Waals surface area contributed by atoms with Crippen molar-refractivity contribution in [3.8, 4) is 0 Å². The van der Waals surface area contributed by atoms with Crippen LogP contribution in [-0.2, 0) is 75.3 Å². The molecule has 3 aromatic rings. The van der Waals surface area contributed by atoms with Gasteiger partial charge < -0.3 is 88.5 Å². The Hall–Kier alpha value is -8.01. The second-order valence-corrected chi connectivity index (χ2v) is 23.7. The number of carbonyl (C=O) groups excluding carboxylic acids is 13. The number of carbonyl (C=O) groups is 13. The summed E-state index contributed by atoms with van der Waals surface area (Å²) in [6.45, 7) is 3.45. The minimum atomic E-state index is -1.47. The fraction of sp³-hybridized carbons (Fsp3) is 0.542. The van der Waals surface area contributed by atoms with Crippen LogP contribution in [0, 0.1) is 11.8 Å². The van der Waals surface area contributed by atoms with Crippen LogP contribution in [-0.4, -0.2) is 227 Å². The maximum Gasteiger partial charge on any atom is 0.246 e. The molecule has 11 atom stereocenters. The van der Waals surface area contributed by atoms with Gasteiger partial charge in [0.15, 0.2) is 0 Å². The largest absolute Gasteiger partial charge is 0.394 e. The summed E-state index contributed by atoms with van der Waals surface area (Å²) in [7, 11) is 1.49. The van der Waals surface area contributed by atoms with Crippen LogP contribution < -0.4 is 58.5 Å². The Balaban J connectivity index is 1.18. The Morgan fingerprint density at radius 3 is 2.11 bits per heavy atom. The molecule has 5 rings (SSSR count). The highest BCUT2D eigenvalue weighted by molar-refractivity contribution is 7.98. The highest BCUT2D eigenvalue weighted by atomic mass is 32.2. The number of aromatic amines is 1. The number of fused-ring (bicyclic) bond motifs is 1. The summed E-state index contributed by atoms with van der Waals surface area (Å²) >= 11 is 5.41. The van der Waals surface area contributed by atoms with Gasteiger partial charge in [-0.2, -0.15) is 12.6 Å². The van der Waals surface area contributed by atoms with Crippen LogP contribution in [0.4, 0.5) is 5.69 Å². The third-order valence-corrected chi connectivity index (χ3v) is 16.8. The average Bonchev–Trinajstić information content (AvgIpc) is 1.77. The van der Waals surface area contributed by atoms with Crippen LogP contribution in [0.3, 0.4) is 0 Å². The minimum Gasteiger partial charge on any atom is -0.394 e. The summed E-state index contributed by atoms with van der Waals surface area (Å²) in [5, 5.41) is 61.6. The molecule has 32 heteroatoms. The molecule has 3 heterocycles. The van der Waals surface area contributed by atoms with Crippen molar-refractivity contribution in [1.82, 2.24) is 68.0 Å². The van der Waals surface area contributed by atoms with Gasteiger partial charge in [-0.3, -0.25) is 62.4 Å². The first-order valence-electron chi connectivity index (χ1n) is 29.7. The number of hydrogen-bond acceptors (Lipinski definition) is 20. The number of aliphatic hydroxyl groups is 3. The van der Waals surface area contributed by atoms with Crippen molar-refractivity contribution in [3.05, 3.63) is 59.7 Å². The molecule has 498 valence electrons. The number of hydrogen-bond donors (Lipinski definition) is 16. The number of aldehydes is 1. The van der Waals surface area contributed by atoms with Gasteiger partial charge in [-0.05, 0) is 61.9 Å². The summed E-state index contributed by atoms with van der Waals surface area (Å²) in [6.07, 6.45) is -0.393. The van der Waals surface area contributed by atoms with Gasteiger partial charge in [0, 0.05) is 74.0 Å². The fourth-order valence-electron chi connectivity index (χ4n) is 10.1. The molecule has 0 saturated carbocycles. The normalized spacial score (nSPS) is 18.1. The summed E-state index contributed by atoms with van der Waals surface area (Å²) < 4.78 is 0. The van der Waals surface area contributed by atoms with E-state index in [9.17, 15) is 77.6 Å². The Morgan fingerprint density at radius 1 is 0.791 bits per heavy atom. The van der Waals surface area contributed by atoms with Crippen LogP contribution in [0.15, 0.2) is 53.6 Å². The number of amides is 12. The van der Waals surface area contributed by atoms with Crippen molar-refractivity contribution in [2.45, 2.75) is 131 Å². The lowest BCUT2D eigenvalue weighted by molar-refractivity contribution is -0.139. The van der Waals surface area contributed by atoms with Gasteiger partial charge in [0.25, 0.3) is 0 Å². The van der Waals surface area contributed by atoms with Crippen LogP contribution in [0.1, 0.15) is 70.9 Å². The number of para-hydroxylation sites is 1. The van der Waals surface area contributed by atoms with Crippen molar-refractivity contribution in [2.75, 3.05) is 71.0 Å². The molecule has 2 aliphatic rings. The molecule has 0 radical (unpaired) electrons. The number of β-amino-alcohol motifs (C(OH)–C–C–N with tert-alkyl or cyclic N) is 1. The molecular weight excluding hydrogens is 1220 g/mol. The number of benzene rings is 2. The number of thioether (sulfide) groups is 1. The van der Waals surface area contributed by atoms with E-state index in [0.29, 0.717) is 34.5 Å². The number of thiol groups is 1. The van der Waals surface area contributed by atoms with E-state index in [1.807, 2.05) is 24.5 Å². The molecule has 0 spiro atoms. The Kier molecular flexibility index (Phi) is 29.3. The molecule has 0 aliphatic carbocycles. The number of rotatable bonds is 36. The first-order chi connectivity index (χ1) is 43.3. The predicted octanol–water partition coefficient (Wildman–Crippen LogP) is -3.79. The molecule has 15 N–H and O–H groups in total. The number of likely N-dealkylation sites (N-methyl/N-ethyl adjacent to an activating group) is 1. The Bertz CT molecular complexity index is 3100. The van der Waals surface area contributed by atoms with E-state index in [2.05, 4.69) is 76.1 Å². The first kappa shape index (κ1) is 73.7. The van der Waals surface area contributed by atoms with Gasteiger partial charge in [0.1, 0.15) is 24.4 Å². The molecule has 2 aromatic carbocycles. The fourth-order valence-corrected chi connectivity index (χ4v) is 11.1. The molecule has 12 amide bonds. The van der Waals surface area contributed by atoms with Crippen molar-refractivity contribution in [1.29, 1.82) is 0 Å². The van der Waals surface area contributed by atoms with Gasteiger partial charge in [0.05, 0.1) is 73.8 Å². The highest BCUT2D eigenvalue weighted by Gasteiger charge is 2.41. The summed E-state index contributed by atoms with van der Waals surface area (Å²) in [5.74, 6) is -8.95. The van der Waals surface area contributed by atoms with E-state index < -0.39 is 163 Å². The SMILES string of the molecule is CC[C@H](C)[C@H](NC(=O)CNC(=O)[C@@H](Cc1c(SC)[nH]c2ccccc12)NC(=O)[C@@H](NC[C@@H]1C[C@@H](O)CN1C(=O)[C@H](CC(=O)NCc1ccc(NC(=O)[C@H](C)NC(=O)CNC(=O)CCN2C(=O)CC(S)C2=O)cc1)NC)[C@@H](C)[C@@H](O)CO)C(=O)NCC(=O)NCC=O. The van der Waals surface area contributed by atoms with Crippen molar-refractivity contribution < 1.29 is 77.6 Å². The van der Waals surface area contributed by atoms with Crippen LogP contribution in [0.25, 0.3) is 10.9 Å². The molecule has 2 fully saturated rings. The van der Waals surface area contributed by atoms with Gasteiger partial charge in [-0.15, -0.1) is 11.8 Å². The average molecular weight is 1310 g/mol. The van der Waals surface area contributed by atoms with Gasteiger partial charge in [-0.25, -0.2) is 0 Å². The van der Waals surface area contributed by atoms with Crippen molar-refractivity contribution >= 4 is 118 Å². The molecule has 2 saturated heterocycles. The molecule has 1 unspecified atom stereocenters. The number of likely N-dealkylation sites (tertiary alicyclic amines) is 2. The lowest BCUT2D eigenvalue weighted by atomic mass is 9.94. The number of aliphatic hydroxyl groups excluding tert-OH is 3. The van der Waals surface area contributed by atoms with E-state index in [4.69, 9.17) is 0 Å². The van der Waals surface area contributed by atoms with E-state index in [1.165, 1.54) is 37.6 Å². The third-order valence-electron chi connectivity index (χ3n) is 15.7. The number of anilines is 1. The topological polar surface area (TPSA) is 437 Å². The van der Waals surface area contributed by atoms with Crippen LogP contribution in [0.5, 0.6) is 0 Å². The lowest BCUT2D eigenvalue weighted by Crippen LogP contribution is -2.59. The number of imide groups is 1. The molecular formula is C59H84N14O16S2. The van der Waals surface area contributed by atoms with Gasteiger partial charge >= 0.3 is 0 Å². The second-order valence-electron chi connectivity index (χ2n) is 22.2. The van der Waals surface area contributed by atoms with Crippen molar-refractivity contribution in [2.24, 2.45) is 11.8 Å². The van der Waals surface area contributed by atoms with E-state index >= 15 is 0 Å². The quantitative estimate of drug-likeness (QED) is 0.0115. The van der Waals surface area contributed by atoms with E-state index in [0.717, 1.165) is 15.8 Å². The summed E-state index contributed by atoms with van der Waals surface area (Å²) in [5.41, 5.74) is 2.39. The maximum absolute atomic E-state index is 14.7. The number of aromatic nitrogens is 1. The molecule has 30 nitrogen and oxygen atoms in total. The number of nitrogens with one attached hydrogen (secondary N) is 12. The lowest BCUT2D eigenvalue weighted by Gasteiger charge is -2.32. The maximum atomic E-state index is 14.7. The predicted molar refractivity (Wildman–Crippen MR) is 336 cm³/mol. The highest BCUT2D eigenvalue weighted by Crippen LogP contribution is 2.30. The molecule has 0 bridgehead atoms. The smallest absolute Gasteiger partial charge is 0.246 e. The summed E-state index contributed by atoms with van der Waals surface area (Å²) in [4.78, 5) is 173. The Labute approximate surface area is 535 Å². The molecule has 2 aliphatic heterocycles. The minimum absolute atomic E-state index is 0.0270. The zero-order valence-corrected chi connectivity index (χ0v) is 53.3. The zero-order chi connectivity index (χ0) is 67.1. The van der Waals surface area contributed by atoms with E-state index in [1.54, 1.807) is 44.2 Å². The Morgan fingerprint density at radius 2 is 1.46 bits per heavy atom. The second kappa shape index (κ2) is 36.1. The van der Waals surface area contributed by atoms with Gasteiger partial charge in [0.2, 0.25) is 70.9 Å². The van der Waals surface area contributed by atoms with Crippen LogP contribution >= 0.6 is 24.4 Å². The number of H-pyrrole nitrogens is 1. The van der Waals surface area contributed by atoms with Crippen LogP contribution in [0.2, 0.25) is 0 Å². The van der Waals surface area contributed by atoms with E-state index in [-0.39, 0.29) is 64.8 Å². The third kappa shape index (κ3) is 21.8. The van der Waals surface area contributed by atoms with Gasteiger partial charge in [-0.1, -0.05) is 57.5 Å². The standard InChI is InChI=1S/C59H84N14O16S2/c1-7-31(2)51(55(86)66-26-47(80)61-17-19-74)71-49(82)28-65-54(85)41(21-39-38-10-8-9-11-40(38)70-57(39)91-6)69-56(87)52(32(3)43(77)30-75)64-25-36-20-37(76)29-73(36)58(88)42(60-5)22-46(79)62-24-34-12-14-35(15-13-34)68-53(84)33(4)67-48(81)27-63-45(78)16-18-72-50(83)23-44(90)59(72)89/h8-15,19,31-33,36-37,41-44,51-52,60,64,70,75-77,90H,7,16-18,20-30H2,1-6H3,(H,61,80)(H,62,79)(H,63,78)(H,65,85)(H,66,86)(H,67,81)(H,68,84)(H,69,87)(H,71,82)/t31-,32-,33-,36-,37+,41+,42-,43-,44?,51-,52-/m0/s1. The monoisotopic (exact) mass is 1310 g/mol. The summed E-state index contributed by atoms with van der Waals surface area (Å²) in [6, 6.07) is 7.00. The number of nitrogens with zero attached hydrogens (tertiary/aromatic N) is 2. The molecule has 1 aromatic heterocycles.